The van der Waals surface area contributed by atoms with Gasteiger partial charge in [0.25, 0.3) is 0 Å². The molecule has 1 N–H and O–H groups in total. The molecule has 1 aromatic heterocycles. The number of halogens is 1. The summed E-state index contributed by atoms with van der Waals surface area (Å²) in [6.45, 7) is 4.14. The zero-order chi connectivity index (χ0) is 13.1. The van der Waals surface area contributed by atoms with Crippen LogP contribution in [0, 0.1) is 6.92 Å². The Bertz CT molecular complexity index is 578. The predicted octanol–water partition coefficient (Wildman–Crippen LogP) is 3.32. The molecule has 0 fully saturated rings. The minimum atomic E-state index is -0.387. The third kappa shape index (κ3) is 2.61. The molecule has 1 heterocycles. The first kappa shape index (κ1) is 12.8. The van der Waals surface area contributed by atoms with Gasteiger partial charge in [-0.15, -0.1) is 0 Å². The fraction of sp³-hybridized carbons (Fsp3) is 0.231. The zero-order valence-corrected chi connectivity index (χ0v) is 11.7. The van der Waals surface area contributed by atoms with Gasteiger partial charge in [0.1, 0.15) is 5.69 Å². The minimum Gasteiger partial charge on any atom is -0.461 e. The first-order chi connectivity index (χ1) is 8.61. The topological polar surface area (TPSA) is 55.0 Å². The lowest BCUT2D eigenvalue weighted by molar-refractivity contribution is 0.0519. The zero-order valence-electron chi connectivity index (χ0n) is 10.2. The van der Waals surface area contributed by atoms with Gasteiger partial charge in [0, 0.05) is 10.0 Å². The highest BCUT2D eigenvalue weighted by atomic mass is 79.9. The van der Waals surface area contributed by atoms with E-state index in [0.29, 0.717) is 12.3 Å². The molecular weight excluding hydrogens is 296 g/mol. The minimum absolute atomic E-state index is 0.350. The molecule has 0 saturated carbocycles. The van der Waals surface area contributed by atoms with Crippen LogP contribution >= 0.6 is 15.9 Å². The number of esters is 1. The van der Waals surface area contributed by atoms with Crippen LogP contribution in [-0.2, 0) is 4.74 Å². The first-order valence-corrected chi connectivity index (χ1v) is 6.40. The number of nitrogens with zero attached hydrogens (tertiary/aromatic N) is 1. The van der Waals surface area contributed by atoms with Crippen LogP contribution in [0.15, 0.2) is 28.7 Å². The molecule has 18 heavy (non-hydrogen) atoms. The van der Waals surface area contributed by atoms with Crippen LogP contribution in [-0.4, -0.2) is 22.8 Å². The summed E-state index contributed by atoms with van der Waals surface area (Å²) in [7, 11) is 0. The largest absolute Gasteiger partial charge is 0.461 e. The SMILES string of the molecule is CCOC(=O)c1cc(-c2ccc(C)c(Br)c2)n[nH]1. The molecule has 0 unspecified atom stereocenters. The monoisotopic (exact) mass is 308 g/mol. The Morgan fingerprint density at radius 1 is 1.44 bits per heavy atom. The predicted molar refractivity (Wildman–Crippen MR) is 72.4 cm³/mol. The van der Waals surface area contributed by atoms with Gasteiger partial charge in [0.2, 0.25) is 0 Å². The van der Waals surface area contributed by atoms with Crippen LogP contribution < -0.4 is 0 Å². The Hall–Kier alpha value is -1.62. The quantitative estimate of drug-likeness (QED) is 0.885. The summed E-state index contributed by atoms with van der Waals surface area (Å²) in [5.41, 5.74) is 3.18. The average molecular weight is 309 g/mol. The second-order valence-corrected chi connectivity index (χ2v) is 4.71. The average Bonchev–Trinajstić information content (AvgIpc) is 2.82. The highest BCUT2D eigenvalue weighted by Crippen LogP contribution is 2.24. The third-order valence-corrected chi connectivity index (χ3v) is 3.40. The molecule has 0 spiro atoms. The van der Waals surface area contributed by atoms with E-state index in [1.807, 2.05) is 25.1 Å². The Labute approximate surface area is 113 Å². The van der Waals surface area contributed by atoms with Crippen LogP contribution in [0.25, 0.3) is 11.3 Å². The lowest BCUT2D eigenvalue weighted by Crippen LogP contribution is -2.04. The lowest BCUT2D eigenvalue weighted by atomic mass is 10.1. The van der Waals surface area contributed by atoms with Crippen molar-refractivity contribution in [3.63, 3.8) is 0 Å². The summed E-state index contributed by atoms with van der Waals surface area (Å²) >= 11 is 3.47. The number of aromatic nitrogens is 2. The first-order valence-electron chi connectivity index (χ1n) is 5.61. The molecule has 0 aliphatic rings. The Morgan fingerprint density at radius 2 is 2.22 bits per heavy atom. The van der Waals surface area contributed by atoms with E-state index in [0.717, 1.165) is 21.3 Å². The Balaban J connectivity index is 2.29. The maximum atomic E-state index is 11.5. The number of carbonyl (C=O) groups is 1. The number of ether oxygens (including phenoxy) is 1. The fourth-order valence-electron chi connectivity index (χ4n) is 1.54. The van der Waals surface area contributed by atoms with Gasteiger partial charge >= 0.3 is 5.97 Å². The van der Waals surface area contributed by atoms with E-state index >= 15 is 0 Å². The maximum absolute atomic E-state index is 11.5. The summed E-state index contributed by atoms with van der Waals surface area (Å²) in [6, 6.07) is 7.62. The molecule has 0 aliphatic heterocycles. The fourth-order valence-corrected chi connectivity index (χ4v) is 1.91. The molecule has 4 nitrogen and oxygen atoms in total. The van der Waals surface area contributed by atoms with Crippen molar-refractivity contribution in [1.82, 2.24) is 10.2 Å². The molecule has 1 aromatic carbocycles. The third-order valence-electron chi connectivity index (χ3n) is 2.54. The van der Waals surface area contributed by atoms with E-state index in [2.05, 4.69) is 26.1 Å². The standard InChI is InChI=1S/C13H13BrN2O2/c1-3-18-13(17)12-7-11(15-16-12)9-5-4-8(2)10(14)6-9/h4-7H,3H2,1-2H3,(H,15,16). The van der Waals surface area contributed by atoms with Gasteiger partial charge in [-0.3, -0.25) is 5.10 Å². The smallest absolute Gasteiger partial charge is 0.356 e. The number of carbonyl (C=O) groups excluding carboxylic acids is 1. The van der Waals surface area contributed by atoms with Gasteiger partial charge < -0.3 is 4.74 Å². The lowest BCUT2D eigenvalue weighted by Gasteiger charge is -2.00. The van der Waals surface area contributed by atoms with Crippen molar-refractivity contribution in [2.75, 3.05) is 6.61 Å². The Morgan fingerprint density at radius 3 is 2.89 bits per heavy atom. The van der Waals surface area contributed by atoms with Crippen molar-refractivity contribution in [2.24, 2.45) is 0 Å². The van der Waals surface area contributed by atoms with Gasteiger partial charge in [0.05, 0.1) is 12.3 Å². The molecule has 94 valence electrons. The molecule has 0 saturated heterocycles. The maximum Gasteiger partial charge on any atom is 0.356 e. The van der Waals surface area contributed by atoms with Gasteiger partial charge in [-0.1, -0.05) is 28.1 Å². The highest BCUT2D eigenvalue weighted by molar-refractivity contribution is 9.10. The molecule has 0 amide bonds. The summed E-state index contributed by atoms with van der Waals surface area (Å²) in [4.78, 5) is 11.5. The number of aryl methyl sites for hydroxylation is 1. The van der Waals surface area contributed by atoms with Crippen molar-refractivity contribution in [1.29, 1.82) is 0 Å². The van der Waals surface area contributed by atoms with Gasteiger partial charge in [-0.05, 0) is 31.5 Å². The van der Waals surface area contributed by atoms with Gasteiger partial charge in [-0.25, -0.2) is 4.79 Å². The van der Waals surface area contributed by atoms with E-state index in [1.54, 1.807) is 13.0 Å². The Kier molecular flexibility index (Phi) is 3.81. The van der Waals surface area contributed by atoms with Gasteiger partial charge in [-0.2, -0.15) is 5.10 Å². The van der Waals surface area contributed by atoms with E-state index in [-0.39, 0.29) is 5.97 Å². The number of hydrogen-bond donors (Lipinski definition) is 1. The van der Waals surface area contributed by atoms with Crippen molar-refractivity contribution >= 4 is 21.9 Å². The van der Waals surface area contributed by atoms with E-state index < -0.39 is 0 Å². The molecule has 5 heteroatoms. The summed E-state index contributed by atoms with van der Waals surface area (Å²) in [6.07, 6.45) is 0. The van der Waals surface area contributed by atoms with Crippen LogP contribution in [0.2, 0.25) is 0 Å². The van der Waals surface area contributed by atoms with Crippen LogP contribution in [0.4, 0.5) is 0 Å². The number of hydrogen-bond acceptors (Lipinski definition) is 3. The molecule has 0 bridgehead atoms. The summed E-state index contributed by atoms with van der Waals surface area (Å²) in [5.74, 6) is -0.387. The van der Waals surface area contributed by atoms with E-state index in [9.17, 15) is 4.79 Å². The summed E-state index contributed by atoms with van der Waals surface area (Å²) in [5, 5.41) is 6.80. The van der Waals surface area contributed by atoms with Gasteiger partial charge in [0.15, 0.2) is 0 Å². The van der Waals surface area contributed by atoms with E-state index in [1.165, 1.54) is 0 Å². The van der Waals surface area contributed by atoms with Crippen LogP contribution in [0.3, 0.4) is 0 Å². The van der Waals surface area contributed by atoms with Crippen molar-refractivity contribution in [3.8, 4) is 11.3 Å². The molecule has 0 aliphatic carbocycles. The van der Waals surface area contributed by atoms with Crippen molar-refractivity contribution in [3.05, 3.63) is 40.0 Å². The summed E-state index contributed by atoms with van der Waals surface area (Å²) < 4.78 is 5.92. The molecule has 0 radical (unpaired) electrons. The second kappa shape index (κ2) is 5.35. The van der Waals surface area contributed by atoms with Crippen LogP contribution in [0.1, 0.15) is 23.0 Å². The highest BCUT2D eigenvalue weighted by Gasteiger charge is 2.12. The molecule has 0 atom stereocenters. The number of nitrogens with one attached hydrogen (secondary N) is 1. The number of rotatable bonds is 3. The second-order valence-electron chi connectivity index (χ2n) is 3.85. The van der Waals surface area contributed by atoms with E-state index in [4.69, 9.17) is 4.74 Å². The molecule has 2 aromatic rings. The van der Waals surface area contributed by atoms with Crippen molar-refractivity contribution in [2.45, 2.75) is 13.8 Å². The number of aromatic amines is 1. The normalized spacial score (nSPS) is 10.4. The molecule has 2 rings (SSSR count). The molecular formula is C13H13BrN2O2. The van der Waals surface area contributed by atoms with Crippen LogP contribution in [0.5, 0.6) is 0 Å². The number of benzene rings is 1. The number of H-pyrrole nitrogens is 1. The van der Waals surface area contributed by atoms with Crippen molar-refractivity contribution < 1.29 is 9.53 Å².